The van der Waals surface area contributed by atoms with Gasteiger partial charge < -0.3 is 9.26 Å². The molecule has 0 aliphatic carbocycles. The number of ether oxygens (including phenoxy) is 1. The number of aromatic nitrogens is 4. The predicted octanol–water partition coefficient (Wildman–Crippen LogP) is 4.81. The van der Waals surface area contributed by atoms with E-state index in [1.54, 1.807) is 37.4 Å². The van der Waals surface area contributed by atoms with E-state index in [2.05, 4.69) is 20.6 Å². The predicted molar refractivity (Wildman–Crippen MR) is 114 cm³/mol. The third-order valence-corrected chi connectivity index (χ3v) is 5.38. The molecule has 0 spiro atoms. The van der Waals surface area contributed by atoms with Gasteiger partial charge in [0.2, 0.25) is 0 Å². The zero-order valence-corrected chi connectivity index (χ0v) is 17.8. The highest BCUT2D eigenvalue weighted by Crippen LogP contribution is 2.26. The first-order chi connectivity index (χ1) is 14.5. The van der Waals surface area contributed by atoms with E-state index in [1.165, 1.54) is 11.3 Å². The molecule has 3 aromatic heterocycles. The fraction of sp³-hybridized carbons (Fsp3) is 0.200. The van der Waals surface area contributed by atoms with Crippen LogP contribution in [0, 0.1) is 6.92 Å². The van der Waals surface area contributed by atoms with E-state index < -0.39 is 5.91 Å². The van der Waals surface area contributed by atoms with Crippen molar-refractivity contribution >= 4 is 34.0 Å². The standard InChI is InChI=1S/C20H18ClN5O3S/c1-3-26-9-13(8-22-26)17-11-30-20(23-17)24-19(27)18-16(12(2)29-25-18)10-28-15-6-4-14(21)5-7-15/h4-9,11H,3,10H2,1-2H3,(H,23,24,27). The summed E-state index contributed by atoms with van der Waals surface area (Å²) in [4.78, 5) is 17.2. The van der Waals surface area contributed by atoms with Gasteiger partial charge in [0, 0.05) is 28.7 Å². The Hall–Kier alpha value is -3.17. The maximum atomic E-state index is 12.7. The number of carbonyl (C=O) groups is 1. The van der Waals surface area contributed by atoms with Crippen molar-refractivity contribution in [3.8, 4) is 17.0 Å². The van der Waals surface area contributed by atoms with Crippen LogP contribution in [0.15, 0.2) is 46.6 Å². The minimum absolute atomic E-state index is 0.138. The van der Waals surface area contributed by atoms with Crippen LogP contribution in [0.1, 0.15) is 28.7 Å². The van der Waals surface area contributed by atoms with Crippen LogP contribution in [0.2, 0.25) is 5.02 Å². The van der Waals surface area contributed by atoms with Gasteiger partial charge in [-0.05, 0) is 38.1 Å². The van der Waals surface area contributed by atoms with Gasteiger partial charge in [-0.15, -0.1) is 11.3 Å². The number of anilines is 1. The summed E-state index contributed by atoms with van der Waals surface area (Å²) in [6, 6.07) is 6.97. The maximum Gasteiger partial charge on any atom is 0.280 e. The van der Waals surface area contributed by atoms with Crippen LogP contribution in [-0.2, 0) is 13.2 Å². The SMILES string of the molecule is CCn1cc(-c2csc(NC(=O)c3noc(C)c3COc3ccc(Cl)cc3)n2)cn1. The zero-order valence-electron chi connectivity index (χ0n) is 16.3. The van der Waals surface area contributed by atoms with Gasteiger partial charge in [-0.25, -0.2) is 4.98 Å². The van der Waals surface area contributed by atoms with Gasteiger partial charge in [0.15, 0.2) is 10.8 Å². The van der Waals surface area contributed by atoms with Crippen LogP contribution in [0.4, 0.5) is 5.13 Å². The quantitative estimate of drug-likeness (QED) is 0.440. The Morgan fingerprint density at radius 2 is 2.13 bits per heavy atom. The first kappa shape index (κ1) is 20.1. The Labute approximate surface area is 181 Å². The van der Waals surface area contributed by atoms with Crippen LogP contribution < -0.4 is 10.1 Å². The molecule has 1 N–H and O–H groups in total. The molecule has 30 heavy (non-hydrogen) atoms. The highest BCUT2D eigenvalue weighted by atomic mass is 35.5. The van der Waals surface area contributed by atoms with Crippen molar-refractivity contribution in [1.29, 1.82) is 0 Å². The molecule has 0 aliphatic rings. The molecule has 10 heteroatoms. The van der Waals surface area contributed by atoms with Crippen LogP contribution in [-0.4, -0.2) is 25.8 Å². The lowest BCUT2D eigenvalue weighted by Gasteiger charge is -2.06. The Morgan fingerprint density at radius 3 is 2.87 bits per heavy atom. The Balaban J connectivity index is 1.45. The number of nitrogens with one attached hydrogen (secondary N) is 1. The summed E-state index contributed by atoms with van der Waals surface area (Å²) in [5, 5.41) is 13.9. The molecule has 0 saturated carbocycles. The molecule has 154 valence electrons. The molecule has 0 aliphatic heterocycles. The molecule has 3 heterocycles. The highest BCUT2D eigenvalue weighted by Gasteiger charge is 2.21. The van der Waals surface area contributed by atoms with Crippen molar-refractivity contribution in [3.63, 3.8) is 0 Å². The highest BCUT2D eigenvalue weighted by molar-refractivity contribution is 7.14. The van der Waals surface area contributed by atoms with Gasteiger partial charge in [0.25, 0.3) is 5.91 Å². The molecule has 1 aromatic carbocycles. The van der Waals surface area contributed by atoms with Crippen molar-refractivity contribution in [1.82, 2.24) is 19.9 Å². The van der Waals surface area contributed by atoms with Gasteiger partial charge in [-0.1, -0.05) is 16.8 Å². The van der Waals surface area contributed by atoms with E-state index in [1.807, 2.05) is 23.2 Å². The topological polar surface area (TPSA) is 95.1 Å². The van der Waals surface area contributed by atoms with Crippen molar-refractivity contribution in [2.24, 2.45) is 0 Å². The molecule has 0 unspecified atom stereocenters. The van der Waals surface area contributed by atoms with E-state index in [9.17, 15) is 4.79 Å². The second-order valence-electron chi connectivity index (χ2n) is 6.39. The Bertz CT molecular complexity index is 1170. The smallest absolute Gasteiger partial charge is 0.280 e. The van der Waals surface area contributed by atoms with Gasteiger partial charge in [-0.3, -0.25) is 14.8 Å². The molecule has 4 aromatic rings. The minimum Gasteiger partial charge on any atom is -0.489 e. The van der Waals surface area contributed by atoms with Crippen LogP contribution in [0.5, 0.6) is 5.75 Å². The van der Waals surface area contributed by atoms with E-state index in [0.717, 1.165) is 17.8 Å². The second-order valence-corrected chi connectivity index (χ2v) is 7.68. The van der Waals surface area contributed by atoms with E-state index >= 15 is 0 Å². The number of thiazole rings is 1. The molecule has 8 nitrogen and oxygen atoms in total. The average Bonchev–Trinajstić information content (AvgIpc) is 3.47. The molecule has 0 atom stereocenters. The fourth-order valence-electron chi connectivity index (χ4n) is 2.71. The van der Waals surface area contributed by atoms with Gasteiger partial charge >= 0.3 is 0 Å². The number of aryl methyl sites for hydroxylation is 2. The minimum atomic E-state index is -0.410. The van der Waals surface area contributed by atoms with Crippen molar-refractivity contribution in [2.75, 3.05) is 5.32 Å². The third kappa shape index (κ3) is 4.37. The van der Waals surface area contributed by atoms with Gasteiger partial charge in [-0.2, -0.15) is 5.10 Å². The maximum absolute atomic E-state index is 12.7. The number of carbonyl (C=O) groups excluding carboxylic acids is 1. The first-order valence-electron chi connectivity index (χ1n) is 9.16. The lowest BCUT2D eigenvalue weighted by Crippen LogP contribution is -2.15. The summed E-state index contributed by atoms with van der Waals surface area (Å²) >= 11 is 7.21. The molecule has 0 saturated heterocycles. The lowest BCUT2D eigenvalue weighted by atomic mass is 10.2. The Kier molecular flexibility index (Phi) is 5.82. The van der Waals surface area contributed by atoms with Crippen molar-refractivity contribution in [3.05, 3.63) is 64.1 Å². The molecule has 0 bridgehead atoms. The summed E-state index contributed by atoms with van der Waals surface area (Å²) in [6.07, 6.45) is 3.66. The summed E-state index contributed by atoms with van der Waals surface area (Å²) in [6.45, 7) is 4.66. The third-order valence-electron chi connectivity index (χ3n) is 4.37. The average molecular weight is 444 g/mol. The van der Waals surface area contributed by atoms with Gasteiger partial charge in [0.05, 0.1) is 17.5 Å². The lowest BCUT2D eigenvalue weighted by molar-refractivity contribution is 0.101. The number of hydrogen-bond acceptors (Lipinski definition) is 7. The molecule has 0 radical (unpaired) electrons. The molecular weight excluding hydrogens is 426 g/mol. The zero-order chi connectivity index (χ0) is 21.1. The van der Waals surface area contributed by atoms with Crippen molar-refractivity contribution < 1.29 is 14.1 Å². The normalized spacial score (nSPS) is 10.9. The van der Waals surface area contributed by atoms with E-state index in [4.69, 9.17) is 20.9 Å². The number of amides is 1. The summed E-state index contributed by atoms with van der Waals surface area (Å²) in [5.41, 5.74) is 2.38. The van der Waals surface area contributed by atoms with Crippen molar-refractivity contribution in [2.45, 2.75) is 27.0 Å². The summed E-state index contributed by atoms with van der Waals surface area (Å²) in [5.74, 6) is 0.733. The monoisotopic (exact) mass is 443 g/mol. The van der Waals surface area contributed by atoms with Crippen LogP contribution in [0.25, 0.3) is 11.3 Å². The number of benzene rings is 1. The van der Waals surface area contributed by atoms with Crippen LogP contribution in [0.3, 0.4) is 0 Å². The molecule has 1 amide bonds. The molecular formula is C20H18ClN5O3S. The molecule has 0 fully saturated rings. The Morgan fingerprint density at radius 1 is 1.33 bits per heavy atom. The largest absolute Gasteiger partial charge is 0.489 e. The summed E-state index contributed by atoms with van der Waals surface area (Å²) in [7, 11) is 0. The van der Waals surface area contributed by atoms with Gasteiger partial charge in [0.1, 0.15) is 18.1 Å². The van der Waals surface area contributed by atoms with Crippen LogP contribution >= 0.6 is 22.9 Å². The fourth-order valence-corrected chi connectivity index (χ4v) is 3.56. The van der Waals surface area contributed by atoms with E-state index in [-0.39, 0.29) is 12.3 Å². The van der Waals surface area contributed by atoms with E-state index in [0.29, 0.717) is 27.2 Å². The first-order valence-corrected chi connectivity index (χ1v) is 10.4. The number of rotatable bonds is 7. The number of nitrogens with zero attached hydrogens (tertiary/aromatic N) is 4. The number of halogens is 1. The second kappa shape index (κ2) is 8.68. The molecule has 4 rings (SSSR count). The number of hydrogen-bond donors (Lipinski definition) is 1. The summed E-state index contributed by atoms with van der Waals surface area (Å²) < 4.78 is 12.8.